The summed E-state index contributed by atoms with van der Waals surface area (Å²) in [5.74, 6) is 0.0692. The molecule has 8 heteroatoms. The second-order valence-electron chi connectivity index (χ2n) is 5.02. The molecule has 0 aliphatic heterocycles. The summed E-state index contributed by atoms with van der Waals surface area (Å²) in [4.78, 5) is 12.0. The SMILES string of the molecule is Cc1cc(C(=O)NCC(O)COc2cccc(Cl)c2Cl)n(C)n1. The van der Waals surface area contributed by atoms with Crippen molar-refractivity contribution < 1.29 is 14.6 Å². The maximum atomic E-state index is 12.0. The summed E-state index contributed by atoms with van der Waals surface area (Å²) >= 11 is 11.9. The van der Waals surface area contributed by atoms with Crippen LogP contribution in [0.15, 0.2) is 24.3 Å². The normalized spacial score (nSPS) is 12.0. The van der Waals surface area contributed by atoms with Crippen molar-refractivity contribution >= 4 is 29.1 Å². The highest BCUT2D eigenvalue weighted by molar-refractivity contribution is 6.42. The molecule has 0 spiro atoms. The molecule has 0 saturated carbocycles. The van der Waals surface area contributed by atoms with Gasteiger partial charge in [-0.05, 0) is 25.1 Å². The van der Waals surface area contributed by atoms with Crippen molar-refractivity contribution in [2.24, 2.45) is 7.05 Å². The van der Waals surface area contributed by atoms with E-state index in [1.165, 1.54) is 4.68 Å². The quantitative estimate of drug-likeness (QED) is 0.830. The molecule has 1 heterocycles. The maximum Gasteiger partial charge on any atom is 0.269 e. The van der Waals surface area contributed by atoms with Crippen LogP contribution in [0.2, 0.25) is 10.0 Å². The number of aromatic nitrogens is 2. The molecular formula is C15H17Cl2N3O3. The molecule has 2 rings (SSSR count). The summed E-state index contributed by atoms with van der Waals surface area (Å²) in [7, 11) is 1.68. The number of nitrogens with zero attached hydrogens (tertiary/aromatic N) is 2. The number of carbonyl (C=O) groups excluding carboxylic acids is 1. The van der Waals surface area contributed by atoms with E-state index in [0.717, 1.165) is 5.69 Å². The van der Waals surface area contributed by atoms with E-state index in [1.807, 2.05) is 0 Å². The van der Waals surface area contributed by atoms with E-state index in [1.54, 1.807) is 38.2 Å². The Balaban J connectivity index is 1.83. The molecule has 0 fully saturated rings. The van der Waals surface area contributed by atoms with E-state index in [9.17, 15) is 9.90 Å². The lowest BCUT2D eigenvalue weighted by molar-refractivity contribution is 0.0836. The van der Waals surface area contributed by atoms with Crippen LogP contribution >= 0.6 is 23.2 Å². The fourth-order valence-corrected chi connectivity index (χ4v) is 2.31. The lowest BCUT2D eigenvalue weighted by Crippen LogP contribution is -2.36. The van der Waals surface area contributed by atoms with Crippen molar-refractivity contribution in [1.82, 2.24) is 15.1 Å². The maximum absolute atomic E-state index is 12.0. The first-order valence-corrected chi connectivity index (χ1v) is 7.67. The molecular weight excluding hydrogens is 341 g/mol. The zero-order chi connectivity index (χ0) is 17.0. The predicted molar refractivity (Wildman–Crippen MR) is 88.2 cm³/mol. The molecule has 1 atom stereocenters. The Morgan fingerprint density at radius 2 is 2.22 bits per heavy atom. The van der Waals surface area contributed by atoms with Crippen LogP contribution in [0.3, 0.4) is 0 Å². The number of hydrogen-bond acceptors (Lipinski definition) is 4. The topological polar surface area (TPSA) is 76.4 Å². The van der Waals surface area contributed by atoms with Crippen molar-refractivity contribution in [1.29, 1.82) is 0 Å². The fourth-order valence-electron chi connectivity index (χ4n) is 1.96. The summed E-state index contributed by atoms with van der Waals surface area (Å²) in [6.45, 7) is 1.82. The van der Waals surface area contributed by atoms with E-state index in [2.05, 4.69) is 10.4 Å². The minimum absolute atomic E-state index is 0.0231. The van der Waals surface area contributed by atoms with Gasteiger partial charge < -0.3 is 15.2 Å². The van der Waals surface area contributed by atoms with Crippen LogP contribution in [-0.2, 0) is 7.05 Å². The summed E-state index contributed by atoms with van der Waals surface area (Å²) in [6.07, 6.45) is -0.886. The highest BCUT2D eigenvalue weighted by atomic mass is 35.5. The number of rotatable bonds is 6. The summed E-state index contributed by atoms with van der Waals surface area (Å²) in [5.41, 5.74) is 1.17. The van der Waals surface area contributed by atoms with Gasteiger partial charge in [-0.25, -0.2) is 0 Å². The largest absolute Gasteiger partial charge is 0.489 e. The van der Waals surface area contributed by atoms with Crippen molar-refractivity contribution in [2.45, 2.75) is 13.0 Å². The number of benzene rings is 1. The molecule has 2 N–H and O–H groups in total. The summed E-state index contributed by atoms with van der Waals surface area (Å²) in [5, 5.41) is 17.3. The number of hydrogen-bond donors (Lipinski definition) is 2. The zero-order valence-electron chi connectivity index (χ0n) is 12.7. The van der Waals surface area contributed by atoms with Gasteiger partial charge in [0.25, 0.3) is 5.91 Å². The highest BCUT2D eigenvalue weighted by Gasteiger charge is 2.14. The van der Waals surface area contributed by atoms with Gasteiger partial charge in [0.15, 0.2) is 0 Å². The number of carbonyl (C=O) groups is 1. The molecule has 1 aromatic carbocycles. The molecule has 0 aliphatic carbocycles. The number of halogens is 2. The monoisotopic (exact) mass is 357 g/mol. The van der Waals surface area contributed by atoms with Crippen LogP contribution in [0.1, 0.15) is 16.2 Å². The number of amides is 1. The van der Waals surface area contributed by atoms with Crippen molar-refractivity contribution in [3.05, 3.63) is 45.7 Å². The van der Waals surface area contributed by atoms with E-state index in [4.69, 9.17) is 27.9 Å². The predicted octanol–water partition coefficient (Wildman–Crippen LogP) is 2.21. The Bertz CT molecular complexity index is 703. The third kappa shape index (κ3) is 4.60. The average Bonchev–Trinajstić information content (AvgIpc) is 2.85. The van der Waals surface area contributed by atoms with Gasteiger partial charge in [0, 0.05) is 13.6 Å². The van der Waals surface area contributed by atoms with Gasteiger partial charge in [0.2, 0.25) is 0 Å². The molecule has 124 valence electrons. The van der Waals surface area contributed by atoms with E-state index in [-0.39, 0.29) is 24.1 Å². The van der Waals surface area contributed by atoms with Crippen LogP contribution in [-0.4, -0.2) is 40.0 Å². The number of aliphatic hydroxyl groups is 1. The molecule has 0 bridgehead atoms. The molecule has 23 heavy (non-hydrogen) atoms. The number of ether oxygens (including phenoxy) is 1. The first-order valence-electron chi connectivity index (χ1n) is 6.92. The Kier molecular flexibility index (Phi) is 5.87. The van der Waals surface area contributed by atoms with Gasteiger partial charge in [-0.1, -0.05) is 29.3 Å². The van der Waals surface area contributed by atoms with E-state index >= 15 is 0 Å². The smallest absolute Gasteiger partial charge is 0.269 e. The number of aryl methyl sites for hydroxylation is 2. The van der Waals surface area contributed by atoms with Crippen LogP contribution in [0.25, 0.3) is 0 Å². The third-order valence-electron chi connectivity index (χ3n) is 3.08. The minimum Gasteiger partial charge on any atom is -0.489 e. The molecule has 0 radical (unpaired) electrons. The number of aliphatic hydroxyl groups excluding tert-OH is 1. The summed E-state index contributed by atoms with van der Waals surface area (Å²) in [6, 6.07) is 6.66. The minimum atomic E-state index is -0.886. The summed E-state index contributed by atoms with van der Waals surface area (Å²) < 4.78 is 6.90. The number of nitrogens with one attached hydrogen (secondary N) is 1. The lowest BCUT2D eigenvalue weighted by Gasteiger charge is -2.14. The Morgan fingerprint density at radius 1 is 1.48 bits per heavy atom. The standard InChI is InChI=1S/C15H17Cl2N3O3/c1-9-6-12(20(2)19-9)15(22)18-7-10(21)8-23-13-5-3-4-11(16)14(13)17/h3-6,10,21H,7-8H2,1-2H3,(H,18,22). The van der Waals surface area contributed by atoms with Gasteiger partial charge in [0.1, 0.15) is 29.2 Å². The first-order chi connectivity index (χ1) is 10.9. The van der Waals surface area contributed by atoms with Crippen molar-refractivity contribution in [2.75, 3.05) is 13.2 Å². The van der Waals surface area contributed by atoms with Crippen LogP contribution < -0.4 is 10.1 Å². The average molecular weight is 358 g/mol. The van der Waals surface area contributed by atoms with Crippen LogP contribution in [0.5, 0.6) is 5.75 Å². The first kappa shape index (κ1) is 17.6. The van der Waals surface area contributed by atoms with Gasteiger partial charge in [-0.15, -0.1) is 0 Å². The van der Waals surface area contributed by atoms with E-state index in [0.29, 0.717) is 16.5 Å². The fraction of sp³-hybridized carbons (Fsp3) is 0.333. The molecule has 6 nitrogen and oxygen atoms in total. The Labute approximate surface area is 144 Å². The molecule has 1 amide bonds. The van der Waals surface area contributed by atoms with Gasteiger partial charge in [-0.3, -0.25) is 9.48 Å². The van der Waals surface area contributed by atoms with Gasteiger partial charge in [0.05, 0.1) is 10.7 Å². The van der Waals surface area contributed by atoms with Crippen LogP contribution in [0.4, 0.5) is 0 Å². The van der Waals surface area contributed by atoms with Crippen LogP contribution in [0, 0.1) is 6.92 Å². The van der Waals surface area contributed by atoms with Gasteiger partial charge in [-0.2, -0.15) is 5.10 Å². The lowest BCUT2D eigenvalue weighted by atomic mass is 10.3. The van der Waals surface area contributed by atoms with Crippen molar-refractivity contribution in [3.63, 3.8) is 0 Å². The molecule has 1 aromatic heterocycles. The Morgan fingerprint density at radius 3 is 2.87 bits per heavy atom. The molecule has 1 unspecified atom stereocenters. The third-order valence-corrected chi connectivity index (χ3v) is 3.88. The van der Waals surface area contributed by atoms with E-state index < -0.39 is 6.10 Å². The van der Waals surface area contributed by atoms with Crippen molar-refractivity contribution in [3.8, 4) is 5.75 Å². The second kappa shape index (κ2) is 7.68. The zero-order valence-corrected chi connectivity index (χ0v) is 14.2. The molecule has 0 aliphatic rings. The highest BCUT2D eigenvalue weighted by Crippen LogP contribution is 2.31. The molecule has 0 saturated heterocycles. The van der Waals surface area contributed by atoms with Gasteiger partial charge >= 0.3 is 0 Å². The molecule has 2 aromatic rings. The second-order valence-corrected chi connectivity index (χ2v) is 5.81. The Hall–Kier alpha value is -1.76.